The summed E-state index contributed by atoms with van der Waals surface area (Å²) in [5.74, 6) is 1.68. The van der Waals surface area contributed by atoms with Crippen LogP contribution in [0.3, 0.4) is 0 Å². The number of rotatable bonds is 5. The third-order valence-electron chi connectivity index (χ3n) is 5.11. The second kappa shape index (κ2) is 7.31. The lowest BCUT2D eigenvalue weighted by atomic mass is 10.1. The lowest BCUT2D eigenvalue weighted by Gasteiger charge is -2.33. The smallest absolute Gasteiger partial charge is 0.261 e. The molecule has 2 aliphatic heterocycles. The lowest BCUT2D eigenvalue weighted by Crippen LogP contribution is -2.44. The zero-order valence-electron chi connectivity index (χ0n) is 14.3. The van der Waals surface area contributed by atoms with Crippen molar-refractivity contribution in [3.05, 3.63) is 54.0 Å². The van der Waals surface area contributed by atoms with E-state index in [1.807, 2.05) is 36.4 Å². The first kappa shape index (κ1) is 16.2. The van der Waals surface area contributed by atoms with E-state index in [-0.39, 0.29) is 11.9 Å². The summed E-state index contributed by atoms with van der Waals surface area (Å²) in [5.41, 5.74) is 1.10. The van der Waals surface area contributed by atoms with E-state index in [2.05, 4.69) is 10.2 Å². The standard InChI is InChI=1S/C20H24N2O3/c23-20(19-13-15-7-2-3-8-17(15)25-19)21-14-16(18-9-6-12-24-18)22-10-4-1-5-11-22/h2-3,6-9,12,16,19H,1,4-5,10-11,13-14H2,(H,21,23)/t16-,19+/m0/s1. The second-order valence-electron chi connectivity index (χ2n) is 6.79. The Balaban J connectivity index is 1.39. The summed E-state index contributed by atoms with van der Waals surface area (Å²) in [4.78, 5) is 15.0. The first-order valence-electron chi connectivity index (χ1n) is 9.11. The van der Waals surface area contributed by atoms with Crippen molar-refractivity contribution in [3.63, 3.8) is 0 Å². The number of nitrogens with one attached hydrogen (secondary N) is 1. The van der Waals surface area contributed by atoms with Crippen molar-refractivity contribution < 1.29 is 13.9 Å². The monoisotopic (exact) mass is 340 g/mol. The number of piperidine rings is 1. The first-order valence-corrected chi connectivity index (χ1v) is 9.11. The van der Waals surface area contributed by atoms with Crippen molar-refractivity contribution >= 4 is 5.91 Å². The Kier molecular flexibility index (Phi) is 4.74. The molecule has 2 aromatic rings. The summed E-state index contributed by atoms with van der Waals surface area (Å²) in [7, 11) is 0. The molecule has 4 rings (SSSR count). The van der Waals surface area contributed by atoms with Crippen LogP contribution in [0.5, 0.6) is 5.75 Å². The topological polar surface area (TPSA) is 54.7 Å². The van der Waals surface area contributed by atoms with E-state index in [9.17, 15) is 4.79 Å². The average Bonchev–Trinajstić information content (AvgIpc) is 3.32. The number of fused-ring (bicyclic) bond motifs is 1. The van der Waals surface area contributed by atoms with E-state index < -0.39 is 6.10 Å². The van der Waals surface area contributed by atoms with Gasteiger partial charge in [0, 0.05) is 13.0 Å². The molecule has 0 saturated carbocycles. The van der Waals surface area contributed by atoms with Gasteiger partial charge in [-0.15, -0.1) is 0 Å². The van der Waals surface area contributed by atoms with E-state index in [1.54, 1.807) is 6.26 Å². The molecule has 0 unspecified atom stereocenters. The first-order chi connectivity index (χ1) is 12.3. The highest BCUT2D eigenvalue weighted by molar-refractivity contribution is 5.82. The van der Waals surface area contributed by atoms with Gasteiger partial charge in [-0.2, -0.15) is 0 Å². The van der Waals surface area contributed by atoms with Crippen LogP contribution >= 0.6 is 0 Å². The molecule has 5 heteroatoms. The summed E-state index contributed by atoms with van der Waals surface area (Å²) >= 11 is 0. The molecular formula is C20H24N2O3. The maximum absolute atomic E-state index is 12.6. The number of likely N-dealkylation sites (tertiary alicyclic amines) is 1. The fraction of sp³-hybridized carbons (Fsp3) is 0.450. The van der Waals surface area contributed by atoms with Crippen LogP contribution in [-0.2, 0) is 11.2 Å². The Bertz CT molecular complexity index is 682. The molecule has 2 atom stereocenters. The zero-order chi connectivity index (χ0) is 17.1. The number of hydrogen-bond donors (Lipinski definition) is 1. The lowest BCUT2D eigenvalue weighted by molar-refractivity contribution is -0.127. The highest BCUT2D eigenvalue weighted by Gasteiger charge is 2.30. The molecule has 3 heterocycles. The van der Waals surface area contributed by atoms with Gasteiger partial charge in [-0.25, -0.2) is 0 Å². The fourth-order valence-corrected chi connectivity index (χ4v) is 3.76. The fourth-order valence-electron chi connectivity index (χ4n) is 3.76. The highest BCUT2D eigenvalue weighted by atomic mass is 16.5. The van der Waals surface area contributed by atoms with Crippen LogP contribution < -0.4 is 10.1 Å². The van der Waals surface area contributed by atoms with Gasteiger partial charge in [0.2, 0.25) is 0 Å². The van der Waals surface area contributed by atoms with E-state index in [1.165, 1.54) is 19.3 Å². The largest absolute Gasteiger partial charge is 0.480 e. The van der Waals surface area contributed by atoms with E-state index >= 15 is 0 Å². The van der Waals surface area contributed by atoms with Crippen molar-refractivity contribution in [1.82, 2.24) is 10.2 Å². The van der Waals surface area contributed by atoms with Crippen molar-refractivity contribution in [3.8, 4) is 5.75 Å². The van der Waals surface area contributed by atoms with E-state index in [4.69, 9.17) is 9.15 Å². The van der Waals surface area contributed by atoms with Crippen LogP contribution in [0.1, 0.15) is 36.6 Å². The second-order valence-corrected chi connectivity index (χ2v) is 6.79. The number of para-hydroxylation sites is 1. The highest BCUT2D eigenvalue weighted by Crippen LogP contribution is 2.29. The summed E-state index contributed by atoms with van der Waals surface area (Å²) < 4.78 is 11.4. The van der Waals surface area contributed by atoms with Crippen LogP contribution in [-0.4, -0.2) is 36.5 Å². The van der Waals surface area contributed by atoms with Gasteiger partial charge in [-0.05, 0) is 49.7 Å². The minimum absolute atomic E-state index is 0.0511. The van der Waals surface area contributed by atoms with Crippen molar-refractivity contribution in [2.75, 3.05) is 19.6 Å². The number of amides is 1. The molecule has 25 heavy (non-hydrogen) atoms. The molecule has 1 saturated heterocycles. The summed E-state index contributed by atoms with van der Waals surface area (Å²) in [6.45, 7) is 2.64. The number of furan rings is 1. The Morgan fingerprint density at radius 3 is 2.76 bits per heavy atom. The molecule has 0 radical (unpaired) electrons. The Morgan fingerprint density at radius 1 is 1.16 bits per heavy atom. The van der Waals surface area contributed by atoms with Crippen molar-refractivity contribution in [2.45, 2.75) is 37.8 Å². The maximum Gasteiger partial charge on any atom is 0.261 e. The maximum atomic E-state index is 12.6. The van der Waals surface area contributed by atoms with Crippen molar-refractivity contribution in [2.24, 2.45) is 0 Å². The third-order valence-corrected chi connectivity index (χ3v) is 5.11. The summed E-state index contributed by atoms with van der Waals surface area (Å²) in [5, 5.41) is 3.08. The predicted molar refractivity (Wildman–Crippen MR) is 94.4 cm³/mol. The Morgan fingerprint density at radius 2 is 2.00 bits per heavy atom. The van der Waals surface area contributed by atoms with Crippen LogP contribution in [0, 0.1) is 0 Å². The van der Waals surface area contributed by atoms with Gasteiger partial charge in [-0.1, -0.05) is 24.6 Å². The molecule has 1 amide bonds. The average molecular weight is 340 g/mol. The van der Waals surface area contributed by atoms with E-state index in [0.717, 1.165) is 30.2 Å². The number of hydrogen-bond acceptors (Lipinski definition) is 4. The minimum Gasteiger partial charge on any atom is -0.480 e. The van der Waals surface area contributed by atoms with Gasteiger partial charge < -0.3 is 14.5 Å². The molecule has 5 nitrogen and oxygen atoms in total. The van der Waals surface area contributed by atoms with Gasteiger partial charge in [0.05, 0.1) is 12.3 Å². The van der Waals surface area contributed by atoms with Crippen molar-refractivity contribution in [1.29, 1.82) is 0 Å². The third kappa shape index (κ3) is 3.56. The molecule has 1 fully saturated rings. The van der Waals surface area contributed by atoms with Crippen LogP contribution in [0.15, 0.2) is 47.1 Å². The molecule has 1 aromatic heterocycles. The molecule has 1 N–H and O–H groups in total. The van der Waals surface area contributed by atoms with E-state index in [0.29, 0.717) is 13.0 Å². The van der Waals surface area contributed by atoms with Gasteiger partial charge in [0.25, 0.3) is 5.91 Å². The number of ether oxygens (including phenoxy) is 1. The number of carbonyl (C=O) groups excluding carboxylic acids is 1. The number of carbonyl (C=O) groups is 1. The van der Waals surface area contributed by atoms with Gasteiger partial charge in [0.15, 0.2) is 6.10 Å². The molecule has 0 aliphatic carbocycles. The van der Waals surface area contributed by atoms with Gasteiger partial charge in [-0.3, -0.25) is 9.69 Å². The quantitative estimate of drug-likeness (QED) is 0.909. The summed E-state index contributed by atoms with van der Waals surface area (Å²) in [6, 6.07) is 11.8. The SMILES string of the molecule is O=C(NC[C@@H](c1ccco1)N1CCCCC1)[C@H]1Cc2ccccc2O1. The number of benzene rings is 1. The Labute approximate surface area is 148 Å². The van der Waals surface area contributed by atoms with Crippen LogP contribution in [0.4, 0.5) is 0 Å². The molecule has 1 aromatic carbocycles. The van der Waals surface area contributed by atoms with Crippen LogP contribution in [0.25, 0.3) is 0 Å². The normalized spacial score (nSPS) is 21.4. The zero-order valence-corrected chi connectivity index (χ0v) is 14.3. The molecule has 132 valence electrons. The van der Waals surface area contributed by atoms with Gasteiger partial charge >= 0.3 is 0 Å². The molecule has 0 spiro atoms. The number of nitrogens with zero attached hydrogens (tertiary/aromatic N) is 1. The van der Waals surface area contributed by atoms with Crippen LogP contribution in [0.2, 0.25) is 0 Å². The molecular weight excluding hydrogens is 316 g/mol. The summed E-state index contributed by atoms with van der Waals surface area (Å²) in [6.07, 6.45) is 5.58. The predicted octanol–water partition coefficient (Wildman–Crippen LogP) is 2.93. The molecule has 2 aliphatic rings. The minimum atomic E-state index is -0.434. The molecule has 0 bridgehead atoms. The Hall–Kier alpha value is -2.27. The van der Waals surface area contributed by atoms with Gasteiger partial charge in [0.1, 0.15) is 11.5 Å².